The highest BCUT2D eigenvalue weighted by molar-refractivity contribution is 6.33. The number of carbonyl (C=O) groups excluding carboxylic acids is 1. The lowest BCUT2D eigenvalue weighted by molar-refractivity contribution is 0.0685. The minimum Gasteiger partial charge on any atom is -0.381 e. The van der Waals surface area contributed by atoms with Crippen LogP contribution >= 0.6 is 11.6 Å². The molecule has 0 amide bonds. The Morgan fingerprint density at radius 1 is 1.42 bits per heavy atom. The lowest BCUT2D eigenvalue weighted by Crippen LogP contribution is -2.29. The highest BCUT2D eigenvalue weighted by Gasteiger charge is 2.17. The second-order valence-corrected chi connectivity index (χ2v) is 5.57. The van der Waals surface area contributed by atoms with Gasteiger partial charge in [0.1, 0.15) is 0 Å². The van der Waals surface area contributed by atoms with Crippen LogP contribution in [0.3, 0.4) is 0 Å². The van der Waals surface area contributed by atoms with E-state index in [2.05, 4.69) is 4.90 Å². The highest BCUT2D eigenvalue weighted by Crippen LogP contribution is 2.28. The standard InChI is InChI=1S/C15H20ClNO2/c1-11(18)13-3-4-15(14(16)9-13)17(2)10-12-5-7-19-8-6-12/h3-4,9,12H,5-8,10H2,1-2H3. The van der Waals surface area contributed by atoms with Gasteiger partial charge in [0.15, 0.2) is 5.78 Å². The molecule has 0 spiro atoms. The summed E-state index contributed by atoms with van der Waals surface area (Å²) >= 11 is 6.27. The first kappa shape index (κ1) is 14.4. The van der Waals surface area contributed by atoms with Gasteiger partial charge in [0, 0.05) is 32.4 Å². The number of Topliss-reactive ketones (excluding diaryl/α,β-unsaturated/α-hetero) is 1. The average molecular weight is 282 g/mol. The molecule has 1 aliphatic heterocycles. The summed E-state index contributed by atoms with van der Waals surface area (Å²) in [5.41, 5.74) is 1.64. The summed E-state index contributed by atoms with van der Waals surface area (Å²) in [6.07, 6.45) is 2.21. The van der Waals surface area contributed by atoms with Crippen LogP contribution in [0.15, 0.2) is 18.2 Å². The van der Waals surface area contributed by atoms with Gasteiger partial charge in [-0.1, -0.05) is 11.6 Å². The lowest BCUT2D eigenvalue weighted by atomic mass is 9.99. The van der Waals surface area contributed by atoms with E-state index >= 15 is 0 Å². The van der Waals surface area contributed by atoms with Crippen molar-refractivity contribution in [3.05, 3.63) is 28.8 Å². The maximum atomic E-state index is 11.3. The molecular weight excluding hydrogens is 262 g/mol. The van der Waals surface area contributed by atoms with Crippen LogP contribution in [-0.2, 0) is 4.74 Å². The predicted molar refractivity (Wildman–Crippen MR) is 78.3 cm³/mol. The van der Waals surface area contributed by atoms with Gasteiger partial charge in [0.2, 0.25) is 0 Å². The van der Waals surface area contributed by atoms with Crippen molar-refractivity contribution < 1.29 is 9.53 Å². The van der Waals surface area contributed by atoms with Crippen LogP contribution in [0.4, 0.5) is 5.69 Å². The molecule has 0 radical (unpaired) electrons. The number of hydrogen-bond acceptors (Lipinski definition) is 3. The van der Waals surface area contributed by atoms with Crippen molar-refractivity contribution in [2.45, 2.75) is 19.8 Å². The molecule has 1 aromatic carbocycles. The molecule has 1 aromatic rings. The van der Waals surface area contributed by atoms with Crippen LogP contribution in [0.1, 0.15) is 30.1 Å². The van der Waals surface area contributed by atoms with Gasteiger partial charge in [-0.2, -0.15) is 0 Å². The van der Waals surface area contributed by atoms with Crippen LogP contribution < -0.4 is 4.90 Å². The van der Waals surface area contributed by atoms with Gasteiger partial charge in [-0.05, 0) is 43.9 Å². The second-order valence-electron chi connectivity index (χ2n) is 5.16. The molecule has 1 saturated heterocycles. The molecule has 2 rings (SSSR count). The number of halogens is 1. The Hall–Kier alpha value is -1.06. The van der Waals surface area contributed by atoms with E-state index in [0.29, 0.717) is 16.5 Å². The van der Waals surface area contributed by atoms with E-state index in [1.165, 1.54) is 0 Å². The molecule has 0 bridgehead atoms. The number of benzene rings is 1. The summed E-state index contributed by atoms with van der Waals surface area (Å²) in [6.45, 7) is 4.24. The molecule has 1 fully saturated rings. The molecule has 0 aromatic heterocycles. The minimum absolute atomic E-state index is 0.0422. The zero-order chi connectivity index (χ0) is 13.8. The monoisotopic (exact) mass is 281 g/mol. The van der Waals surface area contributed by atoms with E-state index in [0.717, 1.165) is 38.3 Å². The topological polar surface area (TPSA) is 29.5 Å². The Kier molecular flexibility index (Phi) is 4.83. The molecule has 1 aliphatic rings. The third-order valence-electron chi connectivity index (χ3n) is 3.64. The van der Waals surface area contributed by atoms with Gasteiger partial charge in [0.05, 0.1) is 10.7 Å². The van der Waals surface area contributed by atoms with Crippen molar-refractivity contribution >= 4 is 23.1 Å². The van der Waals surface area contributed by atoms with Crippen molar-refractivity contribution in [2.75, 3.05) is 31.7 Å². The summed E-state index contributed by atoms with van der Waals surface area (Å²) in [7, 11) is 2.05. The molecule has 0 saturated carbocycles. The molecule has 0 N–H and O–H groups in total. The van der Waals surface area contributed by atoms with Crippen molar-refractivity contribution in [1.82, 2.24) is 0 Å². The number of ketones is 1. The average Bonchev–Trinajstić information content (AvgIpc) is 2.39. The number of nitrogens with zero attached hydrogens (tertiary/aromatic N) is 1. The van der Waals surface area contributed by atoms with Gasteiger partial charge in [-0.3, -0.25) is 4.79 Å². The molecule has 0 unspecified atom stereocenters. The maximum Gasteiger partial charge on any atom is 0.159 e. The fraction of sp³-hybridized carbons (Fsp3) is 0.533. The quantitative estimate of drug-likeness (QED) is 0.792. The molecule has 0 atom stereocenters. The third-order valence-corrected chi connectivity index (χ3v) is 3.94. The molecule has 19 heavy (non-hydrogen) atoms. The van der Waals surface area contributed by atoms with E-state index in [4.69, 9.17) is 16.3 Å². The zero-order valence-corrected chi connectivity index (χ0v) is 12.2. The van der Waals surface area contributed by atoms with Crippen LogP contribution in [0.2, 0.25) is 5.02 Å². The molecule has 4 heteroatoms. The first-order chi connectivity index (χ1) is 9.08. The largest absolute Gasteiger partial charge is 0.381 e. The normalized spacial score (nSPS) is 16.4. The van der Waals surface area contributed by atoms with Crippen LogP contribution in [0.25, 0.3) is 0 Å². The van der Waals surface area contributed by atoms with Crippen molar-refractivity contribution in [3.8, 4) is 0 Å². The van der Waals surface area contributed by atoms with Gasteiger partial charge in [0.25, 0.3) is 0 Å². The lowest BCUT2D eigenvalue weighted by Gasteiger charge is -2.29. The highest BCUT2D eigenvalue weighted by atomic mass is 35.5. The summed E-state index contributed by atoms with van der Waals surface area (Å²) in [4.78, 5) is 13.5. The summed E-state index contributed by atoms with van der Waals surface area (Å²) in [5, 5.41) is 0.641. The smallest absolute Gasteiger partial charge is 0.159 e. The predicted octanol–water partition coefficient (Wildman–Crippen LogP) is 3.41. The number of carbonyl (C=O) groups is 1. The molecule has 3 nitrogen and oxygen atoms in total. The molecule has 1 heterocycles. The number of hydrogen-bond donors (Lipinski definition) is 0. The Labute approximate surface area is 119 Å². The Morgan fingerprint density at radius 3 is 2.68 bits per heavy atom. The Morgan fingerprint density at radius 2 is 2.11 bits per heavy atom. The number of rotatable bonds is 4. The van der Waals surface area contributed by atoms with Gasteiger partial charge in [-0.15, -0.1) is 0 Å². The van der Waals surface area contributed by atoms with Crippen LogP contribution in [0.5, 0.6) is 0 Å². The van der Waals surface area contributed by atoms with E-state index < -0.39 is 0 Å². The zero-order valence-electron chi connectivity index (χ0n) is 11.5. The van der Waals surface area contributed by atoms with E-state index in [1.54, 1.807) is 13.0 Å². The third kappa shape index (κ3) is 3.71. The fourth-order valence-electron chi connectivity index (χ4n) is 2.45. The SMILES string of the molecule is CC(=O)c1ccc(N(C)CC2CCOCC2)c(Cl)c1. The summed E-state index contributed by atoms with van der Waals surface area (Å²) in [6, 6.07) is 5.52. The van der Waals surface area contributed by atoms with Gasteiger partial charge in [-0.25, -0.2) is 0 Å². The molecule has 0 aliphatic carbocycles. The molecular formula is C15H20ClNO2. The first-order valence-electron chi connectivity index (χ1n) is 6.67. The Balaban J connectivity index is 2.05. The molecule has 104 valence electrons. The van der Waals surface area contributed by atoms with Crippen LogP contribution in [-0.4, -0.2) is 32.6 Å². The number of anilines is 1. The second kappa shape index (κ2) is 6.40. The maximum absolute atomic E-state index is 11.3. The fourth-order valence-corrected chi connectivity index (χ4v) is 2.77. The first-order valence-corrected chi connectivity index (χ1v) is 7.05. The van der Waals surface area contributed by atoms with Crippen molar-refractivity contribution in [2.24, 2.45) is 5.92 Å². The van der Waals surface area contributed by atoms with Crippen molar-refractivity contribution in [3.63, 3.8) is 0 Å². The minimum atomic E-state index is 0.0422. The van der Waals surface area contributed by atoms with Gasteiger partial charge >= 0.3 is 0 Å². The summed E-state index contributed by atoms with van der Waals surface area (Å²) < 4.78 is 5.37. The number of ether oxygens (including phenoxy) is 1. The van der Waals surface area contributed by atoms with Crippen LogP contribution in [0, 0.1) is 5.92 Å². The van der Waals surface area contributed by atoms with E-state index in [9.17, 15) is 4.79 Å². The van der Waals surface area contributed by atoms with Crippen molar-refractivity contribution in [1.29, 1.82) is 0 Å². The van der Waals surface area contributed by atoms with E-state index in [-0.39, 0.29) is 5.78 Å². The summed E-state index contributed by atoms with van der Waals surface area (Å²) in [5.74, 6) is 0.697. The van der Waals surface area contributed by atoms with Gasteiger partial charge < -0.3 is 9.64 Å². The van der Waals surface area contributed by atoms with E-state index in [1.807, 2.05) is 19.2 Å². The Bertz CT molecular complexity index is 455.